The molecule has 5 nitrogen and oxygen atoms in total. The summed E-state index contributed by atoms with van der Waals surface area (Å²) in [6, 6.07) is 5.35. The molecule has 0 bridgehead atoms. The maximum Gasteiger partial charge on any atom is 0.354 e. The highest BCUT2D eigenvalue weighted by Gasteiger charge is 2.07. The highest BCUT2D eigenvalue weighted by Crippen LogP contribution is 2.08. The van der Waals surface area contributed by atoms with Crippen LogP contribution in [0.15, 0.2) is 24.4 Å². The van der Waals surface area contributed by atoms with Gasteiger partial charge in [-0.2, -0.15) is 5.10 Å². The number of carboxylic acid groups (broad SMARTS) is 1. The number of aryl methyl sites for hydroxylation is 2. The smallest absolute Gasteiger partial charge is 0.354 e. The van der Waals surface area contributed by atoms with Crippen molar-refractivity contribution >= 4 is 5.97 Å². The van der Waals surface area contributed by atoms with Gasteiger partial charge in [0, 0.05) is 11.9 Å². The Morgan fingerprint density at radius 1 is 1.41 bits per heavy atom. The molecule has 2 aromatic heterocycles. The summed E-state index contributed by atoms with van der Waals surface area (Å²) in [6.07, 6.45) is 1.50. The van der Waals surface area contributed by atoms with Crippen LogP contribution in [0, 0.1) is 13.8 Å². The van der Waals surface area contributed by atoms with Gasteiger partial charge in [-0.05, 0) is 37.6 Å². The Hall–Kier alpha value is -2.17. The summed E-state index contributed by atoms with van der Waals surface area (Å²) >= 11 is 0. The number of aromatic nitrogens is 3. The van der Waals surface area contributed by atoms with Crippen LogP contribution in [0.4, 0.5) is 0 Å². The van der Waals surface area contributed by atoms with E-state index in [0.29, 0.717) is 6.54 Å². The molecule has 0 unspecified atom stereocenters. The van der Waals surface area contributed by atoms with Crippen molar-refractivity contribution in [2.75, 3.05) is 0 Å². The monoisotopic (exact) mass is 231 g/mol. The summed E-state index contributed by atoms with van der Waals surface area (Å²) in [5.74, 6) is -1.01. The van der Waals surface area contributed by atoms with E-state index in [2.05, 4.69) is 10.1 Å². The second-order valence-corrected chi connectivity index (χ2v) is 3.94. The van der Waals surface area contributed by atoms with Crippen molar-refractivity contribution in [1.29, 1.82) is 0 Å². The summed E-state index contributed by atoms with van der Waals surface area (Å²) in [5, 5.41) is 13.2. The first kappa shape index (κ1) is 11.3. The van der Waals surface area contributed by atoms with E-state index in [1.807, 2.05) is 24.6 Å². The summed E-state index contributed by atoms with van der Waals surface area (Å²) in [6.45, 7) is 4.46. The number of rotatable bonds is 3. The van der Waals surface area contributed by atoms with Crippen LogP contribution in [0.25, 0.3) is 0 Å². The molecule has 0 amide bonds. The van der Waals surface area contributed by atoms with Gasteiger partial charge in [0.1, 0.15) is 5.69 Å². The predicted octanol–water partition coefficient (Wildman–Crippen LogP) is 1.64. The Labute approximate surface area is 98.7 Å². The second kappa shape index (κ2) is 4.37. The third-order valence-corrected chi connectivity index (χ3v) is 2.48. The first-order valence-corrected chi connectivity index (χ1v) is 5.25. The van der Waals surface area contributed by atoms with Crippen molar-refractivity contribution < 1.29 is 9.90 Å². The average molecular weight is 231 g/mol. The third kappa shape index (κ3) is 2.50. The van der Waals surface area contributed by atoms with Crippen molar-refractivity contribution in [2.24, 2.45) is 0 Å². The number of aromatic carboxylic acids is 1. The molecule has 1 N–H and O–H groups in total. The fourth-order valence-corrected chi connectivity index (χ4v) is 1.70. The van der Waals surface area contributed by atoms with Crippen LogP contribution in [0.3, 0.4) is 0 Å². The van der Waals surface area contributed by atoms with Crippen molar-refractivity contribution in [3.8, 4) is 0 Å². The van der Waals surface area contributed by atoms with Gasteiger partial charge in [0.15, 0.2) is 0 Å². The third-order valence-electron chi connectivity index (χ3n) is 2.48. The number of hydrogen-bond donors (Lipinski definition) is 1. The van der Waals surface area contributed by atoms with Crippen LogP contribution in [0.2, 0.25) is 0 Å². The van der Waals surface area contributed by atoms with Gasteiger partial charge >= 0.3 is 5.97 Å². The topological polar surface area (TPSA) is 68.0 Å². The van der Waals surface area contributed by atoms with Crippen LogP contribution < -0.4 is 0 Å². The summed E-state index contributed by atoms with van der Waals surface area (Å²) in [7, 11) is 0. The number of carbonyl (C=O) groups is 1. The lowest BCUT2D eigenvalue weighted by atomic mass is 10.2. The van der Waals surface area contributed by atoms with Gasteiger partial charge in [-0.3, -0.25) is 4.68 Å². The van der Waals surface area contributed by atoms with Crippen molar-refractivity contribution in [3.05, 3.63) is 47.0 Å². The molecular weight excluding hydrogens is 218 g/mol. The van der Waals surface area contributed by atoms with Gasteiger partial charge in [-0.25, -0.2) is 9.78 Å². The molecule has 0 saturated carbocycles. The molecule has 0 aliphatic heterocycles. The lowest BCUT2D eigenvalue weighted by Crippen LogP contribution is -2.06. The highest BCUT2D eigenvalue weighted by molar-refractivity contribution is 5.85. The van der Waals surface area contributed by atoms with E-state index in [1.165, 1.54) is 6.20 Å². The molecule has 0 saturated heterocycles. The lowest BCUT2D eigenvalue weighted by molar-refractivity contribution is 0.0690. The first-order valence-electron chi connectivity index (χ1n) is 5.25. The van der Waals surface area contributed by atoms with Crippen LogP contribution >= 0.6 is 0 Å². The van der Waals surface area contributed by atoms with Crippen LogP contribution in [0.5, 0.6) is 0 Å². The van der Waals surface area contributed by atoms with E-state index in [9.17, 15) is 4.79 Å². The fraction of sp³-hybridized carbons (Fsp3) is 0.250. The minimum Gasteiger partial charge on any atom is -0.477 e. The summed E-state index contributed by atoms with van der Waals surface area (Å²) in [5.41, 5.74) is 2.94. The van der Waals surface area contributed by atoms with Crippen LogP contribution in [-0.2, 0) is 6.54 Å². The van der Waals surface area contributed by atoms with Gasteiger partial charge in [-0.1, -0.05) is 0 Å². The Morgan fingerprint density at radius 3 is 2.76 bits per heavy atom. The minimum atomic E-state index is -1.01. The van der Waals surface area contributed by atoms with Gasteiger partial charge < -0.3 is 5.11 Å². The van der Waals surface area contributed by atoms with Crippen LogP contribution in [-0.4, -0.2) is 25.8 Å². The fourth-order valence-electron chi connectivity index (χ4n) is 1.70. The molecule has 0 aromatic carbocycles. The molecule has 0 spiro atoms. The molecule has 0 radical (unpaired) electrons. The van der Waals surface area contributed by atoms with E-state index < -0.39 is 5.97 Å². The van der Waals surface area contributed by atoms with Crippen molar-refractivity contribution in [1.82, 2.24) is 14.8 Å². The van der Waals surface area contributed by atoms with Crippen molar-refractivity contribution in [3.63, 3.8) is 0 Å². The number of pyridine rings is 1. The van der Waals surface area contributed by atoms with E-state index >= 15 is 0 Å². The van der Waals surface area contributed by atoms with Crippen LogP contribution in [0.1, 0.15) is 27.4 Å². The van der Waals surface area contributed by atoms with Gasteiger partial charge in [0.2, 0.25) is 0 Å². The summed E-state index contributed by atoms with van der Waals surface area (Å²) < 4.78 is 1.84. The number of hydrogen-bond acceptors (Lipinski definition) is 3. The predicted molar refractivity (Wildman–Crippen MR) is 62.0 cm³/mol. The zero-order valence-corrected chi connectivity index (χ0v) is 9.71. The largest absolute Gasteiger partial charge is 0.477 e. The lowest BCUT2D eigenvalue weighted by Gasteiger charge is -2.05. The molecule has 88 valence electrons. The molecule has 2 rings (SSSR count). The van der Waals surface area contributed by atoms with Gasteiger partial charge in [0.05, 0.1) is 12.2 Å². The molecule has 0 fully saturated rings. The first-order chi connectivity index (χ1) is 8.06. The zero-order valence-electron chi connectivity index (χ0n) is 9.71. The second-order valence-electron chi connectivity index (χ2n) is 3.94. The SMILES string of the molecule is Cc1cc(C)n(Cc2ccnc(C(=O)O)c2)n1. The van der Waals surface area contributed by atoms with Crippen molar-refractivity contribution in [2.45, 2.75) is 20.4 Å². The number of nitrogens with zero attached hydrogens (tertiary/aromatic N) is 3. The van der Waals surface area contributed by atoms with E-state index in [-0.39, 0.29) is 5.69 Å². The molecule has 2 aromatic rings. The minimum absolute atomic E-state index is 0.0593. The Kier molecular flexibility index (Phi) is 2.91. The normalized spacial score (nSPS) is 10.5. The molecule has 0 aliphatic rings. The molecule has 0 atom stereocenters. The zero-order chi connectivity index (χ0) is 12.4. The molecular formula is C12H13N3O2. The maximum absolute atomic E-state index is 10.8. The van der Waals surface area contributed by atoms with E-state index in [1.54, 1.807) is 12.1 Å². The molecule has 0 aliphatic carbocycles. The Bertz CT molecular complexity index is 561. The average Bonchev–Trinajstić information content (AvgIpc) is 2.58. The molecule has 5 heteroatoms. The van der Waals surface area contributed by atoms with Gasteiger partial charge in [0.25, 0.3) is 0 Å². The van der Waals surface area contributed by atoms with E-state index in [4.69, 9.17) is 5.11 Å². The van der Waals surface area contributed by atoms with E-state index in [0.717, 1.165) is 17.0 Å². The Balaban J connectivity index is 2.27. The Morgan fingerprint density at radius 2 is 2.18 bits per heavy atom. The van der Waals surface area contributed by atoms with Gasteiger partial charge in [-0.15, -0.1) is 0 Å². The standard InChI is InChI=1S/C12H13N3O2/c1-8-5-9(2)15(14-8)7-10-3-4-13-11(6-10)12(16)17/h3-6H,7H2,1-2H3,(H,16,17). The quantitative estimate of drug-likeness (QED) is 0.871. The summed E-state index contributed by atoms with van der Waals surface area (Å²) in [4.78, 5) is 14.6. The highest BCUT2D eigenvalue weighted by atomic mass is 16.4. The number of carboxylic acids is 1. The molecule has 2 heterocycles. The maximum atomic E-state index is 10.8. The molecule has 17 heavy (non-hydrogen) atoms.